The zero-order chi connectivity index (χ0) is 24.6. The molecule has 0 saturated carbocycles. The maximum Gasteiger partial charge on any atom is 0.276 e. The zero-order valence-electron chi connectivity index (χ0n) is 19.7. The Balaban J connectivity index is 1.17. The Bertz CT molecular complexity index is 1190. The number of aromatic nitrogens is 2. The summed E-state index contributed by atoms with van der Waals surface area (Å²) in [4.78, 5) is 28.4. The summed E-state index contributed by atoms with van der Waals surface area (Å²) in [5.74, 6) is 1.46. The van der Waals surface area contributed by atoms with Gasteiger partial charge >= 0.3 is 0 Å². The van der Waals surface area contributed by atoms with Gasteiger partial charge in [-0.25, -0.2) is 0 Å². The molecule has 35 heavy (non-hydrogen) atoms. The molecule has 10 heteroatoms. The Morgan fingerprint density at radius 2 is 2.09 bits per heavy atom. The van der Waals surface area contributed by atoms with E-state index in [4.69, 9.17) is 9.26 Å². The Hall–Kier alpha value is -4.08. The van der Waals surface area contributed by atoms with Crippen molar-refractivity contribution in [2.75, 3.05) is 13.1 Å². The van der Waals surface area contributed by atoms with Crippen LogP contribution in [-0.4, -0.2) is 41.1 Å². The van der Waals surface area contributed by atoms with E-state index < -0.39 is 0 Å². The smallest absolute Gasteiger partial charge is 0.276 e. The number of ether oxygens (including phenoxy) is 1. The van der Waals surface area contributed by atoms with Crippen molar-refractivity contribution >= 4 is 11.8 Å². The van der Waals surface area contributed by atoms with Crippen molar-refractivity contribution in [2.45, 2.75) is 39.2 Å². The molecule has 1 atom stereocenters. The molecule has 1 aromatic carbocycles. The third-order valence-electron chi connectivity index (χ3n) is 5.28. The van der Waals surface area contributed by atoms with E-state index in [2.05, 4.69) is 31.0 Å². The van der Waals surface area contributed by atoms with Crippen LogP contribution in [0.5, 0.6) is 5.75 Å². The lowest BCUT2D eigenvalue weighted by Crippen LogP contribution is -2.28. The molecule has 2 N–H and O–H groups in total. The maximum absolute atomic E-state index is 12.2. The largest absolute Gasteiger partial charge is 0.491 e. The third kappa shape index (κ3) is 6.50. The van der Waals surface area contributed by atoms with Gasteiger partial charge in [0.2, 0.25) is 17.6 Å². The molecular formula is C25H28N6O4. The second kappa shape index (κ2) is 11.4. The number of carbonyl (C=O) groups is 2. The molecule has 0 fully saturated rings. The molecule has 1 aromatic heterocycles. The molecule has 0 radical (unpaired) electrons. The first kappa shape index (κ1) is 24.1. The topological polar surface area (TPSA) is 131 Å². The van der Waals surface area contributed by atoms with Gasteiger partial charge in [0, 0.05) is 37.1 Å². The molecule has 2 aliphatic rings. The van der Waals surface area contributed by atoms with E-state index in [-0.39, 0.29) is 30.3 Å². The highest BCUT2D eigenvalue weighted by molar-refractivity contribution is 5.86. The van der Waals surface area contributed by atoms with E-state index in [1.165, 1.54) is 0 Å². The van der Waals surface area contributed by atoms with E-state index in [0.717, 1.165) is 16.9 Å². The van der Waals surface area contributed by atoms with Gasteiger partial charge in [0.05, 0.1) is 12.0 Å². The van der Waals surface area contributed by atoms with E-state index in [1.807, 2.05) is 62.4 Å². The first-order valence-corrected chi connectivity index (χ1v) is 11.6. The molecule has 182 valence electrons. The fourth-order valence-electron chi connectivity index (χ4n) is 3.63. The van der Waals surface area contributed by atoms with Crippen LogP contribution < -0.4 is 15.4 Å². The van der Waals surface area contributed by atoms with Gasteiger partial charge in [-0.15, -0.1) is 10.2 Å². The Morgan fingerprint density at radius 3 is 2.94 bits per heavy atom. The van der Waals surface area contributed by atoms with Crippen molar-refractivity contribution in [1.29, 1.82) is 0 Å². The Kier molecular flexibility index (Phi) is 7.81. The highest BCUT2D eigenvalue weighted by Gasteiger charge is 2.26. The molecule has 4 rings (SSSR count). The average Bonchev–Trinajstić information content (AvgIpc) is 3.33. The summed E-state index contributed by atoms with van der Waals surface area (Å²) in [5, 5.41) is 17.8. The number of aryl methyl sites for hydroxylation is 1. The standard InChI is InChI=1S/C25H28N6O4/c1-16(2)34-18-8-5-7-17(15-18)23-28-22(35-31-23)12-11-21(32)26-13-6-14-27-24-19-9-3-4-10-20(19)25(33)30-29-24/h3-5,7-10,15-16,20,27H,6,11-14H2,1-2H3,(H,26,32). The van der Waals surface area contributed by atoms with Gasteiger partial charge in [0.25, 0.3) is 5.91 Å². The van der Waals surface area contributed by atoms with Crippen molar-refractivity contribution in [1.82, 2.24) is 20.8 Å². The van der Waals surface area contributed by atoms with Gasteiger partial charge < -0.3 is 19.9 Å². The minimum Gasteiger partial charge on any atom is -0.491 e. The minimum atomic E-state index is -0.373. The molecule has 10 nitrogen and oxygen atoms in total. The van der Waals surface area contributed by atoms with Crippen molar-refractivity contribution in [3.63, 3.8) is 0 Å². The predicted molar refractivity (Wildman–Crippen MR) is 128 cm³/mol. The molecule has 0 saturated heterocycles. The van der Waals surface area contributed by atoms with Crippen LogP contribution in [0.1, 0.15) is 32.6 Å². The number of carbonyl (C=O) groups excluding carboxylic acids is 2. The Labute approximate surface area is 203 Å². The number of amides is 2. The second-order valence-electron chi connectivity index (χ2n) is 8.40. The summed E-state index contributed by atoms with van der Waals surface area (Å²) in [6.45, 7) is 5.02. The van der Waals surface area contributed by atoms with Gasteiger partial charge in [-0.2, -0.15) is 4.98 Å². The van der Waals surface area contributed by atoms with Crippen molar-refractivity contribution in [2.24, 2.45) is 16.1 Å². The number of nitrogens with zero attached hydrogens (tertiary/aromatic N) is 4. The lowest BCUT2D eigenvalue weighted by atomic mass is 9.93. The van der Waals surface area contributed by atoms with Gasteiger partial charge in [-0.05, 0) is 32.4 Å². The van der Waals surface area contributed by atoms with E-state index >= 15 is 0 Å². The van der Waals surface area contributed by atoms with Crippen LogP contribution in [-0.2, 0) is 16.0 Å². The highest BCUT2D eigenvalue weighted by atomic mass is 16.5. The molecule has 1 unspecified atom stereocenters. The van der Waals surface area contributed by atoms with Crippen LogP contribution >= 0.6 is 0 Å². The molecule has 2 heterocycles. The van der Waals surface area contributed by atoms with Crippen LogP contribution in [0, 0.1) is 5.92 Å². The average molecular weight is 477 g/mol. The van der Waals surface area contributed by atoms with E-state index in [1.54, 1.807) is 0 Å². The van der Waals surface area contributed by atoms with Gasteiger partial charge in [-0.3, -0.25) is 9.59 Å². The summed E-state index contributed by atoms with van der Waals surface area (Å²) >= 11 is 0. The number of hydrogen-bond donors (Lipinski definition) is 2. The van der Waals surface area contributed by atoms with Crippen LogP contribution in [0.4, 0.5) is 0 Å². The number of nitrogens with one attached hydrogen (secondary N) is 2. The minimum absolute atomic E-state index is 0.0697. The van der Waals surface area contributed by atoms with Crippen molar-refractivity contribution in [3.8, 4) is 17.1 Å². The van der Waals surface area contributed by atoms with Gasteiger partial charge in [0.1, 0.15) is 5.75 Å². The van der Waals surface area contributed by atoms with Crippen LogP contribution in [0.15, 0.2) is 74.7 Å². The summed E-state index contributed by atoms with van der Waals surface area (Å²) in [6, 6.07) is 7.50. The summed E-state index contributed by atoms with van der Waals surface area (Å²) in [6.07, 6.45) is 8.73. The molecule has 2 amide bonds. The number of rotatable bonds is 11. The van der Waals surface area contributed by atoms with Crippen LogP contribution in [0.25, 0.3) is 11.4 Å². The summed E-state index contributed by atoms with van der Waals surface area (Å²) < 4.78 is 11.0. The summed E-state index contributed by atoms with van der Waals surface area (Å²) in [7, 11) is 0. The van der Waals surface area contributed by atoms with E-state index in [0.29, 0.717) is 43.5 Å². The number of fused-ring (bicyclic) bond motifs is 1. The molecular weight excluding hydrogens is 448 g/mol. The molecule has 2 aromatic rings. The zero-order valence-corrected chi connectivity index (χ0v) is 19.7. The van der Waals surface area contributed by atoms with Gasteiger partial charge in [0.15, 0.2) is 5.82 Å². The normalized spacial score (nSPS) is 16.5. The SMILES string of the molecule is CC(C)Oc1cccc(-c2noc(CCC(=O)NCCCNC3=C4C=CC=CC4C(=O)N=N3)n2)c1. The van der Waals surface area contributed by atoms with Crippen LogP contribution in [0.3, 0.4) is 0 Å². The second-order valence-corrected chi connectivity index (χ2v) is 8.40. The highest BCUT2D eigenvalue weighted by Crippen LogP contribution is 2.27. The molecule has 1 aliphatic heterocycles. The first-order chi connectivity index (χ1) is 17.0. The fraction of sp³-hybridized carbons (Fsp3) is 0.360. The van der Waals surface area contributed by atoms with Crippen molar-refractivity contribution in [3.05, 3.63) is 65.9 Å². The number of hydrogen-bond acceptors (Lipinski definition) is 8. The third-order valence-corrected chi connectivity index (χ3v) is 5.28. The predicted octanol–water partition coefficient (Wildman–Crippen LogP) is 3.50. The maximum atomic E-state index is 12.2. The Morgan fingerprint density at radius 1 is 1.20 bits per heavy atom. The fourth-order valence-corrected chi connectivity index (χ4v) is 3.63. The monoisotopic (exact) mass is 476 g/mol. The lowest BCUT2D eigenvalue weighted by Gasteiger charge is -2.20. The number of azo groups is 1. The lowest BCUT2D eigenvalue weighted by molar-refractivity contribution is -0.121. The van der Waals surface area contributed by atoms with E-state index in [9.17, 15) is 9.59 Å². The number of allylic oxidation sites excluding steroid dienone is 3. The summed E-state index contributed by atoms with van der Waals surface area (Å²) in [5.41, 5.74) is 1.61. The van der Waals surface area contributed by atoms with Gasteiger partial charge in [-0.1, -0.05) is 41.6 Å². The quantitative estimate of drug-likeness (QED) is 0.475. The van der Waals surface area contributed by atoms with Crippen LogP contribution in [0.2, 0.25) is 0 Å². The molecule has 0 spiro atoms. The molecule has 0 bridgehead atoms. The molecule has 1 aliphatic carbocycles. The first-order valence-electron chi connectivity index (χ1n) is 11.6. The van der Waals surface area contributed by atoms with Crippen molar-refractivity contribution < 1.29 is 18.8 Å². The number of benzene rings is 1.